The van der Waals surface area contributed by atoms with Crippen LogP contribution >= 0.6 is 11.3 Å². The lowest BCUT2D eigenvalue weighted by atomic mass is 10.1. The van der Waals surface area contributed by atoms with Crippen LogP contribution in [0.3, 0.4) is 0 Å². The number of para-hydroxylation sites is 1. The van der Waals surface area contributed by atoms with Crippen molar-refractivity contribution in [2.45, 2.75) is 38.6 Å². The molecule has 0 radical (unpaired) electrons. The number of fused-ring (bicyclic) bond motifs is 1. The highest BCUT2D eigenvalue weighted by Gasteiger charge is 2.15. The van der Waals surface area contributed by atoms with E-state index < -0.39 is 0 Å². The van der Waals surface area contributed by atoms with Crippen LogP contribution in [0.15, 0.2) is 41.8 Å². The first kappa shape index (κ1) is 16.3. The van der Waals surface area contributed by atoms with Crippen LogP contribution in [-0.2, 0) is 6.54 Å². The standard InChI is InChI=1S/C20H24N4S/c1-2-6-12-24(13-7-3-1)19-17-10-4-5-11-18(17)22-20(23-19)21-15-16-9-8-14-25-16/h4-5,8-11,14H,1-3,6-7,12-13,15H2,(H,21,22,23). The average molecular weight is 353 g/mol. The number of nitrogens with one attached hydrogen (secondary N) is 1. The minimum absolute atomic E-state index is 0.726. The molecule has 3 aromatic rings. The molecule has 25 heavy (non-hydrogen) atoms. The third-order valence-electron chi connectivity index (χ3n) is 4.74. The Balaban J connectivity index is 1.65. The number of benzene rings is 1. The van der Waals surface area contributed by atoms with Gasteiger partial charge in [0, 0.05) is 23.4 Å². The Morgan fingerprint density at radius 1 is 0.920 bits per heavy atom. The second-order valence-electron chi connectivity index (χ2n) is 6.58. The van der Waals surface area contributed by atoms with E-state index in [1.165, 1.54) is 37.0 Å². The molecule has 4 nitrogen and oxygen atoms in total. The molecule has 0 bridgehead atoms. The van der Waals surface area contributed by atoms with E-state index in [-0.39, 0.29) is 0 Å². The first-order chi connectivity index (χ1) is 12.4. The van der Waals surface area contributed by atoms with E-state index in [0.29, 0.717) is 0 Å². The minimum atomic E-state index is 0.726. The Kier molecular flexibility index (Phi) is 5.11. The maximum Gasteiger partial charge on any atom is 0.225 e. The molecule has 3 heterocycles. The third-order valence-corrected chi connectivity index (χ3v) is 5.62. The Labute approximate surface area is 152 Å². The first-order valence-electron chi connectivity index (χ1n) is 9.18. The summed E-state index contributed by atoms with van der Waals surface area (Å²) in [6, 6.07) is 12.6. The van der Waals surface area contributed by atoms with Crippen molar-refractivity contribution in [3.63, 3.8) is 0 Å². The van der Waals surface area contributed by atoms with Crippen molar-refractivity contribution in [2.24, 2.45) is 0 Å². The maximum atomic E-state index is 4.90. The van der Waals surface area contributed by atoms with E-state index in [9.17, 15) is 0 Å². The number of thiophene rings is 1. The molecule has 0 saturated carbocycles. The zero-order chi connectivity index (χ0) is 16.9. The van der Waals surface area contributed by atoms with Crippen LogP contribution in [0.4, 0.5) is 11.8 Å². The number of hydrogen-bond donors (Lipinski definition) is 1. The van der Waals surface area contributed by atoms with Crippen molar-refractivity contribution in [3.8, 4) is 0 Å². The van der Waals surface area contributed by atoms with Crippen molar-refractivity contribution in [1.82, 2.24) is 9.97 Å². The third kappa shape index (κ3) is 3.93. The summed E-state index contributed by atoms with van der Waals surface area (Å²) < 4.78 is 0. The summed E-state index contributed by atoms with van der Waals surface area (Å²) in [5.74, 6) is 1.81. The predicted octanol–water partition coefficient (Wildman–Crippen LogP) is 5.07. The van der Waals surface area contributed by atoms with Crippen LogP contribution in [0.25, 0.3) is 10.9 Å². The van der Waals surface area contributed by atoms with Crippen LogP contribution in [0.2, 0.25) is 0 Å². The molecule has 2 aromatic heterocycles. The highest BCUT2D eigenvalue weighted by Crippen LogP contribution is 2.27. The summed E-state index contributed by atoms with van der Waals surface area (Å²) in [4.78, 5) is 13.4. The molecule has 0 atom stereocenters. The van der Waals surface area contributed by atoms with Gasteiger partial charge in [0.1, 0.15) is 5.82 Å². The molecular weight excluding hydrogens is 328 g/mol. The van der Waals surface area contributed by atoms with Gasteiger partial charge in [0.25, 0.3) is 0 Å². The fourth-order valence-electron chi connectivity index (χ4n) is 3.42. The SMILES string of the molecule is c1csc(CNc2nc(N3CCCCCCC3)c3ccccc3n2)c1. The predicted molar refractivity (Wildman–Crippen MR) is 106 cm³/mol. The van der Waals surface area contributed by atoms with Gasteiger partial charge in [-0.05, 0) is 36.4 Å². The van der Waals surface area contributed by atoms with Crippen molar-refractivity contribution < 1.29 is 0 Å². The van der Waals surface area contributed by atoms with Gasteiger partial charge in [0.05, 0.1) is 12.1 Å². The second kappa shape index (κ2) is 7.83. The average Bonchev–Trinajstić information content (AvgIpc) is 3.13. The van der Waals surface area contributed by atoms with Crippen molar-refractivity contribution >= 4 is 34.0 Å². The Morgan fingerprint density at radius 3 is 2.52 bits per heavy atom. The molecule has 1 N–H and O–H groups in total. The topological polar surface area (TPSA) is 41.1 Å². The van der Waals surface area contributed by atoms with Gasteiger partial charge in [-0.15, -0.1) is 11.3 Å². The fourth-order valence-corrected chi connectivity index (χ4v) is 4.06. The highest BCUT2D eigenvalue weighted by molar-refractivity contribution is 7.09. The van der Waals surface area contributed by atoms with E-state index in [0.717, 1.165) is 42.3 Å². The Morgan fingerprint density at radius 2 is 1.72 bits per heavy atom. The molecule has 0 unspecified atom stereocenters. The van der Waals surface area contributed by atoms with E-state index in [2.05, 4.69) is 52.0 Å². The Hall–Kier alpha value is -2.14. The summed E-state index contributed by atoms with van der Waals surface area (Å²) in [5.41, 5.74) is 1.02. The molecule has 5 heteroatoms. The smallest absolute Gasteiger partial charge is 0.225 e. The molecule has 1 aliphatic rings. The van der Waals surface area contributed by atoms with Gasteiger partial charge >= 0.3 is 0 Å². The molecule has 1 aliphatic heterocycles. The molecule has 4 rings (SSSR count). The first-order valence-corrected chi connectivity index (χ1v) is 10.1. The summed E-state index contributed by atoms with van der Waals surface area (Å²) in [6.45, 7) is 2.95. The van der Waals surface area contributed by atoms with E-state index in [1.54, 1.807) is 11.3 Å². The number of hydrogen-bond acceptors (Lipinski definition) is 5. The lowest BCUT2D eigenvalue weighted by molar-refractivity contribution is 0.554. The molecule has 0 spiro atoms. The van der Waals surface area contributed by atoms with Crippen LogP contribution < -0.4 is 10.2 Å². The number of anilines is 2. The van der Waals surface area contributed by atoms with Crippen LogP contribution in [0.1, 0.15) is 37.0 Å². The molecule has 0 aliphatic carbocycles. The van der Waals surface area contributed by atoms with Crippen LogP contribution in [0.5, 0.6) is 0 Å². The highest BCUT2D eigenvalue weighted by atomic mass is 32.1. The molecule has 1 saturated heterocycles. The lowest BCUT2D eigenvalue weighted by Gasteiger charge is -2.27. The summed E-state index contributed by atoms with van der Waals surface area (Å²) in [7, 11) is 0. The number of rotatable bonds is 4. The van der Waals surface area contributed by atoms with Crippen LogP contribution in [-0.4, -0.2) is 23.1 Å². The molecular formula is C20H24N4S. The van der Waals surface area contributed by atoms with Gasteiger partial charge in [-0.1, -0.05) is 37.5 Å². The van der Waals surface area contributed by atoms with Gasteiger partial charge in [-0.2, -0.15) is 4.98 Å². The second-order valence-corrected chi connectivity index (χ2v) is 7.61. The number of aromatic nitrogens is 2. The molecule has 130 valence electrons. The van der Waals surface area contributed by atoms with Gasteiger partial charge in [0.15, 0.2) is 0 Å². The summed E-state index contributed by atoms with van der Waals surface area (Å²) in [6.07, 6.45) is 6.50. The van der Waals surface area contributed by atoms with E-state index in [4.69, 9.17) is 9.97 Å². The number of nitrogens with zero attached hydrogens (tertiary/aromatic N) is 3. The largest absolute Gasteiger partial charge is 0.356 e. The van der Waals surface area contributed by atoms with Gasteiger partial charge in [0.2, 0.25) is 5.95 Å². The maximum absolute atomic E-state index is 4.90. The summed E-state index contributed by atoms with van der Waals surface area (Å²) in [5, 5.41) is 6.67. The normalized spacial score (nSPS) is 15.8. The molecule has 1 aromatic carbocycles. The monoisotopic (exact) mass is 352 g/mol. The molecule has 0 amide bonds. The van der Waals surface area contributed by atoms with Crippen molar-refractivity contribution in [3.05, 3.63) is 46.7 Å². The quantitative estimate of drug-likeness (QED) is 0.711. The van der Waals surface area contributed by atoms with Gasteiger partial charge < -0.3 is 10.2 Å². The minimum Gasteiger partial charge on any atom is -0.356 e. The van der Waals surface area contributed by atoms with E-state index >= 15 is 0 Å². The zero-order valence-corrected chi connectivity index (χ0v) is 15.3. The fraction of sp³-hybridized carbons (Fsp3) is 0.400. The Bertz CT molecular complexity index is 808. The van der Waals surface area contributed by atoms with Crippen molar-refractivity contribution in [1.29, 1.82) is 0 Å². The lowest BCUT2D eigenvalue weighted by Crippen LogP contribution is -2.28. The van der Waals surface area contributed by atoms with Gasteiger partial charge in [-0.25, -0.2) is 4.98 Å². The zero-order valence-electron chi connectivity index (χ0n) is 14.4. The van der Waals surface area contributed by atoms with Crippen LogP contribution in [0, 0.1) is 0 Å². The van der Waals surface area contributed by atoms with Gasteiger partial charge in [-0.3, -0.25) is 0 Å². The van der Waals surface area contributed by atoms with Crippen molar-refractivity contribution in [2.75, 3.05) is 23.3 Å². The molecule has 1 fully saturated rings. The van der Waals surface area contributed by atoms with E-state index in [1.807, 2.05) is 0 Å². The summed E-state index contributed by atoms with van der Waals surface area (Å²) >= 11 is 1.75.